The molecule has 0 fully saturated rings. The van der Waals surface area contributed by atoms with E-state index >= 15 is 0 Å². The number of aromatic nitrogens is 2. The molecule has 0 radical (unpaired) electrons. The first kappa shape index (κ1) is 19.8. The molecule has 0 aliphatic carbocycles. The van der Waals surface area contributed by atoms with E-state index in [1.807, 2.05) is 79.4 Å². The summed E-state index contributed by atoms with van der Waals surface area (Å²) in [4.78, 5) is 14.7. The van der Waals surface area contributed by atoms with Crippen LogP contribution in [-0.2, 0) is 11.3 Å². The summed E-state index contributed by atoms with van der Waals surface area (Å²) in [6.45, 7) is 4.70. The number of para-hydroxylation sites is 1. The lowest BCUT2D eigenvalue weighted by molar-refractivity contribution is -0.130. The molecule has 140 valence electrons. The highest BCUT2D eigenvalue weighted by atomic mass is 32.2. The van der Waals surface area contributed by atoms with Crippen molar-refractivity contribution in [1.82, 2.24) is 14.7 Å². The predicted octanol–water partition coefficient (Wildman–Crippen LogP) is 5.19. The minimum atomic E-state index is 0.103. The minimum absolute atomic E-state index is 0.103. The summed E-state index contributed by atoms with van der Waals surface area (Å²) in [5.41, 5.74) is 2.07. The van der Waals surface area contributed by atoms with Gasteiger partial charge in [-0.2, -0.15) is 0 Å². The number of thioether (sulfide) groups is 1. The number of rotatable bonds is 7. The number of benzene rings is 2. The fourth-order valence-corrected chi connectivity index (χ4v) is 4.84. The van der Waals surface area contributed by atoms with Gasteiger partial charge in [0.1, 0.15) is 0 Å². The summed E-state index contributed by atoms with van der Waals surface area (Å²) < 4.78 is 3.23. The average Bonchev–Trinajstić information content (AvgIpc) is 3.06. The molecule has 0 bridgehead atoms. The van der Waals surface area contributed by atoms with Crippen molar-refractivity contribution < 1.29 is 4.79 Å². The molecule has 0 unspecified atom stereocenters. The summed E-state index contributed by atoms with van der Waals surface area (Å²) in [5, 5.41) is 4.56. The SMILES string of the molecule is CC(C)N(Cc1ccccc1)C(=O)CSc1nn(-c2ccccc2)c(=S)s1. The van der Waals surface area contributed by atoms with Gasteiger partial charge in [-0.25, -0.2) is 4.68 Å². The van der Waals surface area contributed by atoms with Gasteiger partial charge >= 0.3 is 0 Å². The van der Waals surface area contributed by atoms with E-state index in [4.69, 9.17) is 12.2 Å². The Hall–Kier alpha value is -1.96. The van der Waals surface area contributed by atoms with Gasteiger partial charge in [0.05, 0.1) is 11.4 Å². The van der Waals surface area contributed by atoms with Crippen LogP contribution >= 0.6 is 35.3 Å². The molecule has 1 aromatic heterocycles. The van der Waals surface area contributed by atoms with Gasteiger partial charge in [0, 0.05) is 12.6 Å². The molecule has 27 heavy (non-hydrogen) atoms. The zero-order valence-electron chi connectivity index (χ0n) is 15.2. The molecule has 0 spiro atoms. The summed E-state index contributed by atoms with van der Waals surface area (Å²) in [6.07, 6.45) is 0. The molecule has 0 atom stereocenters. The third kappa shape index (κ3) is 5.28. The molecule has 3 aromatic rings. The number of carbonyl (C=O) groups excluding carboxylic acids is 1. The molecular formula is C20H21N3OS3. The van der Waals surface area contributed by atoms with Crippen LogP contribution in [0.25, 0.3) is 5.69 Å². The Kier molecular flexibility index (Phi) is 6.82. The lowest BCUT2D eigenvalue weighted by Gasteiger charge is -2.26. The van der Waals surface area contributed by atoms with Crippen LogP contribution in [0.2, 0.25) is 0 Å². The second kappa shape index (κ2) is 9.30. The topological polar surface area (TPSA) is 38.1 Å². The van der Waals surface area contributed by atoms with E-state index in [0.717, 1.165) is 15.6 Å². The molecule has 3 rings (SSSR count). The monoisotopic (exact) mass is 415 g/mol. The summed E-state index contributed by atoms with van der Waals surface area (Å²) in [7, 11) is 0. The number of amides is 1. The number of carbonyl (C=O) groups is 1. The fourth-order valence-electron chi connectivity index (χ4n) is 2.60. The van der Waals surface area contributed by atoms with Crippen LogP contribution in [-0.4, -0.2) is 32.4 Å². The first-order valence-electron chi connectivity index (χ1n) is 8.66. The maximum absolute atomic E-state index is 12.8. The first-order chi connectivity index (χ1) is 13.0. The fraction of sp³-hybridized carbons (Fsp3) is 0.250. The van der Waals surface area contributed by atoms with E-state index in [2.05, 4.69) is 5.10 Å². The van der Waals surface area contributed by atoms with Gasteiger partial charge in [-0.15, -0.1) is 5.10 Å². The normalized spacial score (nSPS) is 10.9. The predicted molar refractivity (Wildman–Crippen MR) is 115 cm³/mol. The van der Waals surface area contributed by atoms with Gasteiger partial charge in [0.25, 0.3) is 0 Å². The Morgan fingerprint density at radius 1 is 1.15 bits per heavy atom. The van der Waals surface area contributed by atoms with Crippen molar-refractivity contribution >= 4 is 41.2 Å². The van der Waals surface area contributed by atoms with Gasteiger partial charge in [-0.3, -0.25) is 4.79 Å². The van der Waals surface area contributed by atoms with Crippen LogP contribution in [0.1, 0.15) is 19.4 Å². The molecule has 2 aromatic carbocycles. The zero-order chi connectivity index (χ0) is 19.2. The molecule has 0 N–H and O–H groups in total. The maximum atomic E-state index is 12.8. The van der Waals surface area contributed by atoms with Crippen LogP contribution in [0.4, 0.5) is 0 Å². The molecule has 0 aliphatic heterocycles. The Balaban J connectivity index is 1.66. The quantitative estimate of drug-likeness (QED) is 0.393. The second-order valence-corrected chi connectivity index (χ2v) is 9.12. The highest BCUT2D eigenvalue weighted by Gasteiger charge is 2.18. The lowest BCUT2D eigenvalue weighted by Crippen LogP contribution is -2.37. The van der Waals surface area contributed by atoms with Gasteiger partial charge in [-0.05, 0) is 43.8 Å². The van der Waals surface area contributed by atoms with Crippen LogP contribution in [0.15, 0.2) is 65.0 Å². The van der Waals surface area contributed by atoms with Crippen LogP contribution in [0, 0.1) is 3.95 Å². The number of hydrogen-bond acceptors (Lipinski definition) is 5. The Morgan fingerprint density at radius 2 is 1.78 bits per heavy atom. The van der Waals surface area contributed by atoms with Crippen molar-refractivity contribution in [3.05, 3.63) is 70.2 Å². The highest BCUT2D eigenvalue weighted by Crippen LogP contribution is 2.25. The summed E-state index contributed by atoms with van der Waals surface area (Å²) in [5.74, 6) is 0.452. The molecule has 1 heterocycles. The number of hydrogen-bond donors (Lipinski definition) is 0. The maximum Gasteiger partial charge on any atom is 0.233 e. The van der Waals surface area contributed by atoms with Crippen LogP contribution in [0.3, 0.4) is 0 Å². The van der Waals surface area contributed by atoms with E-state index in [1.54, 1.807) is 4.68 Å². The van der Waals surface area contributed by atoms with Gasteiger partial charge in [0.2, 0.25) is 5.91 Å². The van der Waals surface area contributed by atoms with E-state index in [-0.39, 0.29) is 11.9 Å². The molecular weight excluding hydrogens is 394 g/mol. The first-order valence-corrected chi connectivity index (χ1v) is 10.9. The van der Waals surface area contributed by atoms with Gasteiger partial charge in [0.15, 0.2) is 8.29 Å². The third-order valence-electron chi connectivity index (χ3n) is 3.99. The van der Waals surface area contributed by atoms with Crippen molar-refractivity contribution in [2.24, 2.45) is 0 Å². The van der Waals surface area contributed by atoms with Crippen molar-refractivity contribution in [2.45, 2.75) is 30.8 Å². The molecule has 7 heteroatoms. The smallest absolute Gasteiger partial charge is 0.233 e. The molecule has 4 nitrogen and oxygen atoms in total. The summed E-state index contributed by atoms with van der Waals surface area (Å²) in [6, 6.07) is 20.0. The largest absolute Gasteiger partial charge is 0.335 e. The van der Waals surface area contributed by atoms with Gasteiger partial charge < -0.3 is 4.90 Å². The third-order valence-corrected chi connectivity index (χ3v) is 6.34. The van der Waals surface area contributed by atoms with Crippen molar-refractivity contribution in [3.63, 3.8) is 0 Å². The minimum Gasteiger partial charge on any atom is -0.335 e. The zero-order valence-corrected chi connectivity index (χ0v) is 17.7. The van der Waals surface area contributed by atoms with Crippen molar-refractivity contribution in [3.8, 4) is 5.69 Å². The second-order valence-electron chi connectivity index (χ2n) is 6.27. The van der Waals surface area contributed by atoms with E-state index in [9.17, 15) is 4.79 Å². The summed E-state index contributed by atoms with van der Waals surface area (Å²) >= 11 is 8.30. The molecule has 1 amide bonds. The van der Waals surface area contributed by atoms with E-state index in [1.165, 1.54) is 23.1 Å². The van der Waals surface area contributed by atoms with Crippen LogP contribution in [0.5, 0.6) is 0 Å². The Bertz CT molecular complexity index is 936. The van der Waals surface area contributed by atoms with Crippen LogP contribution < -0.4 is 0 Å². The number of nitrogens with zero attached hydrogens (tertiary/aromatic N) is 3. The van der Waals surface area contributed by atoms with E-state index in [0.29, 0.717) is 16.3 Å². The standard InChI is InChI=1S/C20H21N3OS3/c1-15(2)22(13-16-9-5-3-6-10-16)18(24)14-26-19-21-23(20(25)27-19)17-11-7-4-8-12-17/h3-12,15H,13-14H2,1-2H3. The Morgan fingerprint density at radius 3 is 2.41 bits per heavy atom. The Labute approximate surface area is 172 Å². The molecule has 0 saturated carbocycles. The average molecular weight is 416 g/mol. The van der Waals surface area contributed by atoms with Crippen molar-refractivity contribution in [2.75, 3.05) is 5.75 Å². The highest BCUT2D eigenvalue weighted by molar-refractivity contribution is 8.01. The van der Waals surface area contributed by atoms with E-state index < -0.39 is 0 Å². The van der Waals surface area contributed by atoms with Gasteiger partial charge in [-0.1, -0.05) is 71.6 Å². The lowest BCUT2D eigenvalue weighted by atomic mass is 10.2. The molecule has 0 aliphatic rings. The molecule has 0 saturated heterocycles. The van der Waals surface area contributed by atoms with Crippen molar-refractivity contribution in [1.29, 1.82) is 0 Å².